The number of benzene rings is 1. The van der Waals surface area contributed by atoms with E-state index < -0.39 is 0 Å². The van der Waals surface area contributed by atoms with Crippen LogP contribution in [-0.4, -0.2) is 17.6 Å². The third-order valence-electron chi connectivity index (χ3n) is 4.97. The Hall–Kier alpha value is -1.73. The molecule has 0 radical (unpaired) electrons. The van der Waals surface area contributed by atoms with Crippen molar-refractivity contribution in [3.8, 4) is 11.5 Å². The van der Waals surface area contributed by atoms with Gasteiger partial charge in [-0.25, -0.2) is 0 Å². The zero-order valence-corrected chi connectivity index (χ0v) is 17.1. The molecule has 0 saturated carbocycles. The normalized spacial score (nSPS) is 21.4. The number of hydrogen-bond acceptors (Lipinski definition) is 5. The first-order valence-electron chi connectivity index (χ1n) is 8.85. The van der Waals surface area contributed by atoms with Gasteiger partial charge in [0, 0.05) is 4.88 Å². The minimum Gasteiger partial charge on any atom is -0.503 e. The summed E-state index contributed by atoms with van der Waals surface area (Å²) in [5, 5.41) is 17.6. The van der Waals surface area contributed by atoms with Gasteiger partial charge in [-0.2, -0.15) is 0 Å². The number of halogens is 1. The Balaban J connectivity index is 1.69. The number of nitrogens with one attached hydrogen (secondary N) is 2. The summed E-state index contributed by atoms with van der Waals surface area (Å²) < 4.78 is 6.05. The van der Waals surface area contributed by atoms with E-state index in [0.717, 1.165) is 35.4 Å². The summed E-state index contributed by atoms with van der Waals surface area (Å²) in [7, 11) is 0. The lowest BCUT2D eigenvalue weighted by Gasteiger charge is -2.27. The number of ether oxygens (including phenoxy) is 1. The first-order chi connectivity index (χ1) is 12.5. The fourth-order valence-corrected chi connectivity index (χ4v) is 5.55. The van der Waals surface area contributed by atoms with Crippen molar-refractivity contribution in [3.63, 3.8) is 0 Å². The summed E-state index contributed by atoms with van der Waals surface area (Å²) >= 11 is 5.07. The summed E-state index contributed by atoms with van der Waals surface area (Å²) in [5.74, 6) is 1.11. The number of phenolic OH excluding ortho intramolecular Hbond substituents is 1. The second-order valence-electron chi connectivity index (χ2n) is 6.89. The maximum absolute atomic E-state index is 12.8. The first kappa shape index (κ1) is 17.7. The lowest BCUT2D eigenvalue weighted by molar-refractivity contribution is 0.0935. The van der Waals surface area contributed by atoms with Crippen LogP contribution >= 0.6 is 27.3 Å². The van der Waals surface area contributed by atoms with Crippen LogP contribution in [0.4, 0.5) is 5.00 Å². The Bertz CT molecular complexity index is 880. The molecule has 4 rings (SSSR count). The molecule has 0 saturated heterocycles. The van der Waals surface area contributed by atoms with E-state index in [-0.39, 0.29) is 17.8 Å². The van der Waals surface area contributed by atoms with Crippen molar-refractivity contribution < 1.29 is 14.6 Å². The molecule has 1 aliphatic heterocycles. The fourth-order valence-electron chi connectivity index (χ4n) is 3.66. The van der Waals surface area contributed by atoms with Crippen LogP contribution in [0, 0.1) is 5.92 Å². The van der Waals surface area contributed by atoms with Crippen LogP contribution in [0.25, 0.3) is 0 Å². The predicted molar refractivity (Wildman–Crippen MR) is 106 cm³/mol. The van der Waals surface area contributed by atoms with Gasteiger partial charge in [-0.1, -0.05) is 6.92 Å². The number of anilines is 1. The zero-order chi connectivity index (χ0) is 18.4. The number of carbonyl (C=O) groups is 1. The maximum Gasteiger partial charge on any atom is 0.256 e. The molecule has 138 valence electrons. The lowest BCUT2D eigenvalue weighted by Crippen LogP contribution is -2.38. The number of hydrogen-bond donors (Lipinski definition) is 3. The van der Waals surface area contributed by atoms with Crippen molar-refractivity contribution in [1.29, 1.82) is 0 Å². The molecule has 1 amide bonds. The highest BCUT2D eigenvalue weighted by atomic mass is 79.9. The molecule has 0 unspecified atom stereocenters. The van der Waals surface area contributed by atoms with E-state index in [1.54, 1.807) is 23.5 Å². The smallest absolute Gasteiger partial charge is 0.256 e. The number of phenols is 1. The van der Waals surface area contributed by atoms with Crippen molar-refractivity contribution in [3.05, 3.63) is 38.2 Å². The predicted octanol–water partition coefficient (Wildman–Crippen LogP) is 4.59. The topological polar surface area (TPSA) is 70.6 Å². The molecule has 0 bridgehead atoms. The Morgan fingerprint density at radius 3 is 2.96 bits per heavy atom. The van der Waals surface area contributed by atoms with Crippen molar-refractivity contribution in [2.75, 3.05) is 11.9 Å². The molecule has 2 heterocycles. The summed E-state index contributed by atoms with van der Waals surface area (Å²) in [5.41, 5.74) is 2.86. The molecular weight excluding hydrogens is 416 g/mol. The van der Waals surface area contributed by atoms with Gasteiger partial charge in [-0.15, -0.1) is 11.3 Å². The average Bonchev–Trinajstić information content (AvgIpc) is 2.96. The van der Waals surface area contributed by atoms with E-state index in [4.69, 9.17) is 4.74 Å². The van der Waals surface area contributed by atoms with Crippen molar-refractivity contribution >= 4 is 38.2 Å². The SMILES string of the molecule is CCOc1cc([C@H]2NC(=O)c3c(sc4c3CC[C@H](C)C4)N2)cc(Br)c1O. The van der Waals surface area contributed by atoms with Crippen LogP contribution in [0.1, 0.15) is 52.8 Å². The lowest BCUT2D eigenvalue weighted by atomic mass is 9.88. The van der Waals surface area contributed by atoms with Crippen LogP contribution in [0.15, 0.2) is 16.6 Å². The van der Waals surface area contributed by atoms with E-state index >= 15 is 0 Å². The summed E-state index contributed by atoms with van der Waals surface area (Å²) in [4.78, 5) is 14.1. The molecule has 2 atom stereocenters. The molecule has 5 nitrogen and oxygen atoms in total. The summed E-state index contributed by atoms with van der Waals surface area (Å²) in [6.45, 7) is 4.58. The van der Waals surface area contributed by atoms with Crippen LogP contribution in [0.3, 0.4) is 0 Å². The molecule has 1 aliphatic carbocycles. The van der Waals surface area contributed by atoms with Gasteiger partial charge in [0.15, 0.2) is 11.5 Å². The van der Waals surface area contributed by atoms with Gasteiger partial charge in [0.1, 0.15) is 11.2 Å². The number of amides is 1. The van der Waals surface area contributed by atoms with E-state index in [2.05, 4.69) is 33.5 Å². The first-order valence-corrected chi connectivity index (χ1v) is 10.5. The molecule has 2 aliphatic rings. The van der Waals surface area contributed by atoms with E-state index in [9.17, 15) is 9.90 Å². The summed E-state index contributed by atoms with van der Waals surface area (Å²) in [6.07, 6.45) is 2.80. The Morgan fingerprint density at radius 2 is 2.19 bits per heavy atom. The number of thiophene rings is 1. The molecule has 2 aromatic rings. The van der Waals surface area contributed by atoms with Crippen molar-refractivity contribution in [1.82, 2.24) is 5.32 Å². The molecule has 1 aromatic heterocycles. The van der Waals surface area contributed by atoms with Gasteiger partial charge < -0.3 is 20.5 Å². The third kappa shape index (κ3) is 2.97. The molecule has 0 spiro atoms. The standard InChI is InChI=1S/C19H21BrN2O3S/c1-3-25-13-8-10(7-12(20)16(13)23)17-21-18(24)15-11-5-4-9(2)6-14(11)26-19(15)22-17/h7-9,17,22-23H,3-6H2,1-2H3,(H,21,24)/t9-,17-/m0/s1. The monoisotopic (exact) mass is 436 g/mol. The number of fused-ring (bicyclic) bond motifs is 3. The summed E-state index contributed by atoms with van der Waals surface area (Å²) in [6, 6.07) is 3.57. The number of carbonyl (C=O) groups excluding carboxylic acids is 1. The second-order valence-corrected chi connectivity index (χ2v) is 8.85. The second kappa shape index (κ2) is 6.78. The van der Waals surface area contributed by atoms with E-state index in [0.29, 0.717) is 22.7 Å². The van der Waals surface area contributed by atoms with Gasteiger partial charge in [-0.3, -0.25) is 4.79 Å². The highest BCUT2D eigenvalue weighted by molar-refractivity contribution is 9.10. The van der Waals surface area contributed by atoms with Gasteiger partial charge in [-0.05, 0) is 71.3 Å². The Kier molecular flexibility index (Phi) is 4.61. The maximum atomic E-state index is 12.8. The zero-order valence-electron chi connectivity index (χ0n) is 14.7. The minimum absolute atomic E-state index is 0.0297. The quantitative estimate of drug-likeness (QED) is 0.657. The number of rotatable bonds is 3. The van der Waals surface area contributed by atoms with Gasteiger partial charge in [0.25, 0.3) is 5.91 Å². The van der Waals surface area contributed by atoms with Crippen LogP contribution in [0.2, 0.25) is 0 Å². The molecule has 0 fully saturated rings. The third-order valence-corrected chi connectivity index (χ3v) is 6.76. The fraction of sp³-hybridized carbons (Fsp3) is 0.421. The Labute approximate surface area is 164 Å². The van der Waals surface area contributed by atoms with Crippen LogP contribution in [0.5, 0.6) is 11.5 Å². The van der Waals surface area contributed by atoms with Crippen LogP contribution in [-0.2, 0) is 12.8 Å². The van der Waals surface area contributed by atoms with Gasteiger partial charge in [0.2, 0.25) is 0 Å². The highest BCUT2D eigenvalue weighted by Gasteiger charge is 2.33. The van der Waals surface area contributed by atoms with Crippen molar-refractivity contribution in [2.45, 2.75) is 39.3 Å². The van der Waals surface area contributed by atoms with Crippen molar-refractivity contribution in [2.24, 2.45) is 5.92 Å². The Morgan fingerprint density at radius 1 is 1.38 bits per heavy atom. The largest absolute Gasteiger partial charge is 0.503 e. The molecule has 1 aromatic carbocycles. The molecule has 7 heteroatoms. The molecule has 26 heavy (non-hydrogen) atoms. The highest BCUT2D eigenvalue weighted by Crippen LogP contribution is 2.44. The van der Waals surface area contributed by atoms with Gasteiger partial charge in [0.05, 0.1) is 16.6 Å². The van der Waals surface area contributed by atoms with E-state index in [1.807, 2.05) is 6.92 Å². The number of aromatic hydroxyl groups is 1. The molecule has 3 N–H and O–H groups in total. The molecular formula is C19H21BrN2O3S. The minimum atomic E-state index is -0.358. The van der Waals surface area contributed by atoms with Crippen LogP contribution < -0.4 is 15.4 Å². The van der Waals surface area contributed by atoms with Gasteiger partial charge >= 0.3 is 0 Å². The average molecular weight is 437 g/mol. The van der Waals surface area contributed by atoms with E-state index in [1.165, 1.54) is 10.4 Å².